The first-order valence-electron chi connectivity index (χ1n) is 11.6. The quantitative estimate of drug-likeness (QED) is 0.510. The van der Waals surface area contributed by atoms with Crippen molar-refractivity contribution in [2.75, 3.05) is 25.9 Å². The molecule has 3 rings (SSSR count). The molecule has 1 unspecified atom stereocenters. The summed E-state index contributed by atoms with van der Waals surface area (Å²) in [6, 6.07) is 7.79. The van der Waals surface area contributed by atoms with Gasteiger partial charge in [-0.25, -0.2) is 0 Å². The molecule has 35 heavy (non-hydrogen) atoms. The fourth-order valence-electron chi connectivity index (χ4n) is 4.34. The summed E-state index contributed by atoms with van der Waals surface area (Å²) in [4.78, 5) is 15.4. The second-order valence-electron chi connectivity index (χ2n) is 8.77. The van der Waals surface area contributed by atoms with Crippen LogP contribution in [0.25, 0.3) is 0 Å². The number of amides is 1. The molecule has 0 saturated carbocycles. The summed E-state index contributed by atoms with van der Waals surface area (Å²) < 4.78 is 54.3. The van der Waals surface area contributed by atoms with Gasteiger partial charge in [-0.3, -0.25) is 13.9 Å². The van der Waals surface area contributed by atoms with Crippen LogP contribution in [-0.2, 0) is 30.1 Å². The van der Waals surface area contributed by atoms with E-state index in [0.29, 0.717) is 29.3 Å². The molecule has 0 aromatic heterocycles. The Labute approximate surface area is 211 Å². The number of benzene rings is 2. The number of likely N-dealkylation sites (N-methyl/N-ethyl adjacent to an activating group) is 1. The molecule has 0 spiro atoms. The Balaban J connectivity index is 1.84. The Morgan fingerprint density at radius 1 is 1.26 bits per heavy atom. The van der Waals surface area contributed by atoms with Crippen molar-refractivity contribution in [3.05, 3.63) is 63.2 Å². The summed E-state index contributed by atoms with van der Waals surface area (Å²) in [5.74, 6) is -0.255. The van der Waals surface area contributed by atoms with E-state index >= 15 is 0 Å². The number of alkyl halides is 3. The van der Waals surface area contributed by atoms with Crippen molar-refractivity contribution in [1.29, 1.82) is 0 Å². The number of carbonyl (C=O) groups excluding carboxylic acids is 1. The zero-order valence-electron chi connectivity index (χ0n) is 20.1. The summed E-state index contributed by atoms with van der Waals surface area (Å²) in [7, 11) is 0.613. The van der Waals surface area contributed by atoms with E-state index in [1.165, 1.54) is 6.07 Å². The Hall–Kier alpha value is -1.94. The maximum atomic E-state index is 14.0. The number of piperidine rings is 1. The predicted octanol–water partition coefficient (Wildman–Crippen LogP) is 4.91. The van der Waals surface area contributed by atoms with Crippen molar-refractivity contribution in [3.63, 3.8) is 0 Å². The Morgan fingerprint density at radius 2 is 2.00 bits per heavy atom. The number of hydrogen-bond acceptors (Lipinski definition) is 4. The molecule has 1 heterocycles. The van der Waals surface area contributed by atoms with Gasteiger partial charge in [0.1, 0.15) is 0 Å². The zero-order chi connectivity index (χ0) is 25.8. The summed E-state index contributed by atoms with van der Waals surface area (Å²) >= 11 is 6.34. The molecule has 2 atom stereocenters. The van der Waals surface area contributed by atoms with E-state index in [1.807, 2.05) is 31.0 Å². The number of nitrogens with one attached hydrogen (secondary N) is 2. The van der Waals surface area contributed by atoms with Crippen LogP contribution < -0.4 is 10.6 Å². The molecule has 5 nitrogen and oxygen atoms in total. The lowest BCUT2D eigenvalue weighted by atomic mass is 10.00. The highest BCUT2D eigenvalue weighted by molar-refractivity contribution is 7.85. The first-order valence-corrected chi connectivity index (χ1v) is 13.3. The Kier molecular flexibility index (Phi) is 9.37. The lowest BCUT2D eigenvalue weighted by Crippen LogP contribution is -2.44. The van der Waals surface area contributed by atoms with Crippen LogP contribution in [0.2, 0.25) is 5.02 Å². The minimum absolute atomic E-state index is 0.0215. The van der Waals surface area contributed by atoms with Gasteiger partial charge in [0.2, 0.25) is 0 Å². The van der Waals surface area contributed by atoms with Crippen LogP contribution in [0.1, 0.15) is 52.4 Å². The van der Waals surface area contributed by atoms with Crippen LogP contribution in [0.5, 0.6) is 0 Å². The highest BCUT2D eigenvalue weighted by atomic mass is 35.5. The number of aryl methyl sites for hydroxylation is 1. The van der Waals surface area contributed by atoms with Crippen LogP contribution in [-0.4, -0.2) is 46.9 Å². The standard InChI is InChI=1S/C25H31ClF3N3O2S/c1-4-35(34)23-8-7-16(2)10-18(23)13-31-24(33)17-11-21(25(27,28)29)20(22(26)12-17)15-32-9-5-6-19(14-32)30-3/h7-8,10-12,19,30H,4-6,9,13-15H2,1-3H3,(H,31,33)/t19-,35?/m0/s1. The average Bonchev–Trinajstić information content (AvgIpc) is 2.82. The number of nitrogens with zero attached hydrogens (tertiary/aromatic N) is 1. The van der Waals surface area contributed by atoms with E-state index < -0.39 is 28.4 Å². The van der Waals surface area contributed by atoms with Gasteiger partial charge in [-0.1, -0.05) is 36.2 Å². The van der Waals surface area contributed by atoms with Gasteiger partial charge in [0.25, 0.3) is 5.91 Å². The van der Waals surface area contributed by atoms with E-state index in [2.05, 4.69) is 10.6 Å². The van der Waals surface area contributed by atoms with E-state index in [4.69, 9.17) is 11.6 Å². The molecule has 1 fully saturated rings. The molecular formula is C25H31ClF3N3O2S. The largest absolute Gasteiger partial charge is 0.416 e. The van der Waals surface area contributed by atoms with Gasteiger partial charge in [0.15, 0.2) is 0 Å². The van der Waals surface area contributed by atoms with E-state index in [9.17, 15) is 22.2 Å². The van der Waals surface area contributed by atoms with Crippen LogP contribution in [0.15, 0.2) is 35.2 Å². The first-order chi connectivity index (χ1) is 16.5. The van der Waals surface area contributed by atoms with E-state index in [0.717, 1.165) is 24.5 Å². The lowest BCUT2D eigenvalue weighted by Gasteiger charge is -2.33. The highest BCUT2D eigenvalue weighted by Crippen LogP contribution is 2.37. The van der Waals surface area contributed by atoms with Gasteiger partial charge < -0.3 is 10.6 Å². The third-order valence-electron chi connectivity index (χ3n) is 6.22. The predicted molar refractivity (Wildman–Crippen MR) is 133 cm³/mol. The third kappa shape index (κ3) is 7.06. The fourth-order valence-corrected chi connectivity index (χ4v) is 5.57. The second-order valence-corrected chi connectivity index (χ2v) is 10.9. The first kappa shape index (κ1) is 27.6. The second kappa shape index (κ2) is 11.9. The molecule has 2 N–H and O–H groups in total. The van der Waals surface area contributed by atoms with Crippen molar-refractivity contribution in [2.45, 2.75) is 56.9 Å². The van der Waals surface area contributed by atoms with E-state index in [-0.39, 0.29) is 35.3 Å². The summed E-state index contributed by atoms with van der Waals surface area (Å²) in [6.45, 7) is 5.09. The van der Waals surface area contributed by atoms with Crippen LogP contribution >= 0.6 is 11.6 Å². The van der Waals surface area contributed by atoms with Crippen molar-refractivity contribution in [2.24, 2.45) is 0 Å². The summed E-state index contributed by atoms with van der Waals surface area (Å²) in [6.07, 6.45) is -2.80. The molecule has 0 radical (unpaired) electrons. The summed E-state index contributed by atoms with van der Waals surface area (Å²) in [5.41, 5.74) is 0.512. The van der Waals surface area contributed by atoms with Crippen molar-refractivity contribution in [1.82, 2.24) is 15.5 Å². The van der Waals surface area contributed by atoms with Crippen molar-refractivity contribution in [3.8, 4) is 0 Å². The SMILES string of the molecule is CCS(=O)c1ccc(C)cc1CNC(=O)c1cc(Cl)c(CN2CCC[C@H](NC)C2)c(C(F)(F)F)c1. The van der Waals surface area contributed by atoms with Gasteiger partial charge in [0, 0.05) is 46.9 Å². The van der Waals surface area contributed by atoms with Crippen LogP contribution in [0, 0.1) is 6.92 Å². The number of halogens is 4. The minimum Gasteiger partial charge on any atom is -0.348 e. The van der Waals surface area contributed by atoms with E-state index in [1.54, 1.807) is 13.0 Å². The molecule has 1 amide bonds. The van der Waals surface area contributed by atoms with Crippen LogP contribution in [0.4, 0.5) is 13.2 Å². The summed E-state index contributed by atoms with van der Waals surface area (Å²) in [5, 5.41) is 5.76. The number of likely N-dealkylation sites (tertiary alicyclic amines) is 1. The van der Waals surface area contributed by atoms with Gasteiger partial charge in [-0.05, 0) is 62.7 Å². The Bertz CT molecular complexity index is 1090. The molecule has 1 aliphatic heterocycles. The molecular weight excluding hydrogens is 499 g/mol. The molecule has 2 aromatic rings. The van der Waals surface area contributed by atoms with Crippen LogP contribution in [0.3, 0.4) is 0 Å². The highest BCUT2D eigenvalue weighted by Gasteiger charge is 2.36. The topological polar surface area (TPSA) is 61.4 Å². The normalized spacial score (nSPS) is 17.9. The molecule has 2 aromatic carbocycles. The maximum absolute atomic E-state index is 14.0. The average molecular weight is 530 g/mol. The smallest absolute Gasteiger partial charge is 0.348 e. The zero-order valence-corrected chi connectivity index (χ0v) is 21.7. The molecule has 192 valence electrons. The number of carbonyl (C=O) groups is 1. The maximum Gasteiger partial charge on any atom is 0.416 e. The van der Waals surface area contributed by atoms with Gasteiger partial charge >= 0.3 is 6.18 Å². The van der Waals surface area contributed by atoms with Crippen molar-refractivity contribution < 1.29 is 22.2 Å². The molecule has 1 aliphatic rings. The minimum atomic E-state index is -4.66. The third-order valence-corrected chi connectivity index (χ3v) is 7.97. The molecule has 10 heteroatoms. The van der Waals surface area contributed by atoms with Gasteiger partial charge in [-0.15, -0.1) is 0 Å². The molecule has 0 bridgehead atoms. The monoisotopic (exact) mass is 529 g/mol. The molecule has 1 saturated heterocycles. The number of rotatable bonds is 8. The molecule has 0 aliphatic carbocycles. The fraction of sp³-hybridized carbons (Fsp3) is 0.480. The van der Waals surface area contributed by atoms with Gasteiger partial charge in [0.05, 0.1) is 16.4 Å². The lowest BCUT2D eigenvalue weighted by molar-refractivity contribution is -0.138. The van der Waals surface area contributed by atoms with Crippen molar-refractivity contribution >= 4 is 28.3 Å². The van der Waals surface area contributed by atoms with Gasteiger partial charge in [-0.2, -0.15) is 13.2 Å². The number of hydrogen-bond donors (Lipinski definition) is 2. The Morgan fingerprint density at radius 3 is 2.66 bits per heavy atom.